The van der Waals surface area contributed by atoms with Gasteiger partial charge >= 0.3 is 0 Å². The van der Waals surface area contributed by atoms with Crippen LogP contribution in [0.15, 0.2) is 48.5 Å². The topological polar surface area (TPSA) is 40.5 Å². The van der Waals surface area contributed by atoms with Gasteiger partial charge in [0.15, 0.2) is 0 Å². The molecule has 0 saturated carbocycles. The number of aromatic hydroxyl groups is 2. The van der Waals surface area contributed by atoms with Crippen molar-refractivity contribution in [3.8, 4) is 11.5 Å². The van der Waals surface area contributed by atoms with Gasteiger partial charge in [0.25, 0.3) is 0 Å². The number of phenols is 2. The maximum atomic E-state index is 9.60. The predicted molar refractivity (Wildman–Crippen MR) is 69.4 cm³/mol. The first-order chi connectivity index (χ1) is 7.77. The molecule has 0 aliphatic heterocycles. The predicted octanol–water partition coefficient (Wildman–Crippen LogP) is 2.50. The summed E-state index contributed by atoms with van der Waals surface area (Å²) in [5.74, 6) is 0.635. The van der Waals surface area contributed by atoms with Crippen LogP contribution in [-0.4, -0.2) is 39.8 Å². The fourth-order valence-corrected chi connectivity index (χ4v) is 1.71. The molecular formula is C14H14NaO2. The van der Waals surface area contributed by atoms with Crippen LogP contribution < -0.4 is 0 Å². The van der Waals surface area contributed by atoms with Gasteiger partial charge in [-0.15, -0.1) is 0 Å². The number of benzene rings is 2. The van der Waals surface area contributed by atoms with Crippen LogP contribution in [0.1, 0.15) is 11.1 Å². The minimum absolute atomic E-state index is 0. The summed E-state index contributed by atoms with van der Waals surface area (Å²) in [6, 6.07) is 14.6. The second kappa shape index (κ2) is 6.70. The van der Waals surface area contributed by atoms with Crippen LogP contribution in [0.2, 0.25) is 0 Å². The van der Waals surface area contributed by atoms with Crippen LogP contribution >= 0.6 is 0 Å². The molecule has 0 bridgehead atoms. The first-order valence-corrected chi connectivity index (χ1v) is 5.31. The van der Waals surface area contributed by atoms with E-state index in [9.17, 15) is 10.2 Å². The summed E-state index contributed by atoms with van der Waals surface area (Å²) in [7, 11) is 0. The normalized spacial score (nSPS) is 9.65. The van der Waals surface area contributed by atoms with E-state index in [-0.39, 0.29) is 29.6 Å². The number of hydrogen-bond acceptors (Lipinski definition) is 2. The quantitative estimate of drug-likeness (QED) is 0.805. The van der Waals surface area contributed by atoms with Crippen LogP contribution in [-0.2, 0) is 12.8 Å². The molecular weight excluding hydrogens is 223 g/mol. The maximum Gasteiger partial charge on any atom is 0.118 e. The maximum absolute atomic E-state index is 9.60. The van der Waals surface area contributed by atoms with Gasteiger partial charge in [0.2, 0.25) is 0 Å². The molecule has 17 heavy (non-hydrogen) atoms. The number of rotatable bonds is 3. The number of phenolic OH excluding ortho intramolecular Hbond substituents is 2. The second-order valence-electron chi connectivity index (χ2n) is 3.76. The zero-order chi connectivity index (χ0) is 11.4. The molecule has 0 fully saturated rings. The molecule has 0 aliphatic rings. The average molecular weight is 237 g/mol. The Hall–Kier alpha value is -0.960. The smallest absolute Gasteiger partial charge is 0.118 e. The monoisotopic (exact) mass is 237 g/mol. The van der Waals surface area contributed by atoms with Crippen LogP contribution in [0, 0.1) is 0 Å². The Labute approximate surface area is 123 Å². The zero-order valence-corrected chi connectivity index (χ0v) is 11.9. The van der Waals surface area contributed by atoms with Crippen molar-refractivity contribution in [1.29, 1.82) is 0 Å². The molecule has 2 rings (SSSR count). The molecule has 0 heterocycles. The molecule has 2 aromatic rings. The largest absolute Gasteiger partial charge is 0.508 e. The Kier molecular flexibility index (Phi) is 5.56. The molecule has 2 N–H and O–H groups in total. The minimum Gasteiger partial charge on any atom is -0.508 e. The van der Waals surface area contributed by atoms with E-state index >= 15 is 0 Å². The molecule has 1 radical (unpaired) electrons. The molecule has 0 saturated heterocycles. The molecule has 2 nitrogen and oxygen atoms in total. The molecule has 0 aliphatic carbocycles. The van der Waals surface area contributed by atoms with Crippen molar-refractivity contribution in [2.75, 3.05) is 0 Å². The summed E-state index contributed by atoms with van der Waals surface area (Å²) >= 11 is 0. The third-order valence-electron chi connectivity index (χ3n) is 2.65. The van der Waals surface area contributed by atoms with Crippen molar-refractivity contribution < 1.29 is 10.2 Å². The van der Waals surface area contributed by atoms with Crippen molar-refractivity contribution in [3.63, 3.8) is 0 Å². The van der Waals surface area contributed by atoms with Gasteiger partial charge in [-0.3, -0.25) is 0 Å². The van der Waals surface area contributed by atoms with Gasteiger partial charge in [-0.05, 0) is 36.1 Å². The van der Waals surface area contributed by atoms with Crippen molar-refractivity contribution in [3.05, 3.63) is 59.7 Å². The molecule has 0 aromatic heterocycles. The summed E-state index contributed by atoms with van der Waals surface area (Å²) in [5, 5.41) is 19.2. The van der Waals surface area contributed by atoms with E-state index in [1.54, 1.807) is 24.3 Å². The minimum atomic E-state index is 0. The van der Waals surface area contributed by atoms with E-state index in [0.717, 1.165) is 24.0 Å². The average Bonchev–Trinajstić information content (AvgIpc) is 2.30. The summed E-state index contributed by atoms with van der Waals surface area (Å²) in [4.78, 5) is 0. The molecule has 83 valence electrons. The Bertz CT molecular complexity index is 438. The third kappa shape index (κ3) is 3.77. The summed E-state index contributed by atoms with van der Waals surface area (Å²) < 4.78 is 0. The first-order valence-electron chi connectivity index (χ1n) is 5.31. The van der Waals surface area contributed by atoms with E-state index in [0.29, 0.717) is 11.5 Å². The Morgan fingerprint density at radius 1 is 0.647 bits per heavy atom. The summed E-state index contributed by atoms with van der Waals surface area (Å²) in [6.07, 6.45) is 1.45. The van der Waals surface area contributed by atoms with Crippen molar-refractivity contribution in [1.82, 2.24) is 0 Å². The van der Waals surface area contributed by atoms with Crippen molar-refractivity contribution >= 4 is 29.6 Å². The Morgan fingerprint density at radius 2 is 1.00 bits per heavy atom. The van der Waals surface area contributed by atoms with Crippen LogP contribution in [0.4, 0.5) is 0 Å². The number of para-hydroxylation sites is 2. The van der Waals surface area contributed by atoms with Crippen molar-refractivity contribution in [2.45, 2.75) is 12.8 Å². The van der Waals surface area contributed by atoms with E-state index < -0.39 is 0 Å². The summed E-state index contributed by atoms with van der Waals surface area (Å²) in [6.45, 7) is 0. The van der Waals surface area contributed by atoms with E-state index in [1.165, 1.54) is 0 Å². The SMILES string of the molecule is Oc1ccccc1CCc1ccccc1O.[Na]. The van der Waals surface area contributed by atoms with E-state index in [2.05, 4.69) is 0 Å². The van der Waals surface area contributed by atoms with E-state index in [4.69, 9.17) is 0 Å². The Balaban J connectivity index is 0.00000144. The fraction of sp³-hybridized carbons (Fsp3) is 0.143. The van der Waals surface area contributed by atoms with Crippen LogP contribution in [0.5, 0.6) is 11.5 Å². The van der Waals surface area contributed by atoms with Gasteiger partial charge in [0.05, 0.1) is 0 Å². The summed E-state index contributed by atoms with van der Waals surface area (Å²) in [5.41, 5.74) is 1.82. The van der Waals surface area contributed by atoms with E-state index in [1.807, 2.05) is 24.3 Å². The number of aryl methyl sites for hydroxylation is 2. The van der Waals surface area contributed by atoms with Gasteiger partial charge in [0, 0.05) is 29.6 Å². The van der Waals surface area contributed by atoms with Gasteiger partial charge in [-0.2, -0.15) is 0 Å². The molecule has 0 unspecified atom stereocenters. The second-order valence-corrected chi connectivity index (χ2v) is 3.76. The molecule has 0 spiro atoms. The molecule has 0 amide bonds. The molecule has 2 aromatic carbocycles. The third-order valence-corrected chi connectivity index (χ3v) is 2.65. The fourth-order valence-electron chi connectivity index (χ4n) is 1.71. The van der Waals surface area contributed by atoms with Crippen molar-refractivity contribution in [2.24, 2.45) is 0 Å². The number of hydrogen-bond donors (Lipinski definition) is 2. The van der Waals surface area contributed by atoms with Gasteiger partial charge in [-0.25, -0.2) is 0 Å². The van der Waals surface area contributed by atoms with Gasteiger partial charge in [0.1, 0.15) is 11.5 Å². The van der Waals surface area contributed by atoms with Crippen LogP contribution in [0.3, 0.4) is 0 Å². The first kappa shape index (κ1) is 14.1. The molecule has 3 heteroatoms. The Morgan fingerprint density at radius 3 is 1.35 bits per heavy atom. The molecule has 0 atom stereocenters. The van der Waals surface area contributed by atoms with Gasteiger partial charge < -0.3 is 10.2 Å². The standard InChI is InChI=1S/C14H14O2.Na/c15-13-7-3-1-5-11(13)9-10-12-6-2-4-8-14(12)16;/h1-8,15-16H,9-10H2;. The van der Waals surface area contributed by atoms with Crippen LogP contribution in [0.25, 0.3) is 0 Å². The zero-order valence-electron chi connectivity index (χ0n) is 9.93. The van der Waals surface area contributed by atoms with Gasteiger partial charge in [-0.1, -0.05) is 36.4 Å².